The molecule has 3 heterocycles. The second-order valence-electron chi connectivity index (χ2n) is 8.85. The fourth-order valence-corrected chi connectivity index (χ4v) is 3.57. The highest BCUT2D eigenvalue weighted by Crippen LogP contribution is 2.35. The van der Waals surface area contributed by atoms with Crippen LogP contribution in [0.1, 0.15) is 38.3 Å². The minimum atomic E-state index is -4.53. The van der Waals surface area contributed by atoms with Crippen molar-refractivity contribution in [2.45, 2.75) is 51.4 Å². The molecule has 0 atom stereocenters. The lowest BCUT2D eigenvalue weighted by Crippen LogP contribution is -2.29. The van der Waals surface area contributed by atoms with E-state index in [0.29, 0.717) is 0 Å². The number of aromatic nitrogens is 5. The van der Waals surface area contributed by atoms with E-state index in [1.165, 1.54) is 27.8 Å². The van der Waals surface area contributed by atoms with Crippen molar-refractivity contribution in [1.82, 2.24) is 25.0 Å². The van der Waals surface area contributed by atoms with E-state index in [1.807, 2.05) is 20.8 Å². The molecule has 1 saturated heterocycles. The van der Waals surface area contributed by atoms with Crippen molar-refractivity contribution in [3.8, 4) is 0 Å². The van der Waals surface area contributed by atoms with Crippen LogP contribution in [0.25, 0.3) is 11.2 Å². The molecule has 1 fully saturated rings. The molecule has 0 saturated carbocycles. The highest BCUT2D eigenvalue weighted by atomic mass is 19.4. The molecule has 7 nitrogen and oxygen atoms in total. The summed E-state index contributed by atoms with van der Waals surface area (Å²) in [6.07, 6.45) is -4.86. The molecule has 0 unspecified atom stereocenters. The molecular weight excluding hydrogens is 433 g/mol. The smallest absolute Gasteiger partial charge is 0.350 e. The van der Waals surface area contributed by atoms with Gasteiger partial charge in [0.2, 0.25) is 5.95 Å². The van der Waals surface area contributed by atoms with E-state index in [9.17, 15) is 22.0 Å². The van der Waals surface area contributed by atoms with E-state index in [1.54, 1.807) is 0 Å². The molecule has 0 radical (unpaired) electrons. The molecule has 0 aliphatic carbocycles. The van der Waals surface area contributed by atoms with Crippen LogP contribution in [-0.4, -0.2) is 49.5 Å². The van der Waals surface area contributed by atoms with Crippen LogP contribution in [0.15, 0.2) is 24.3 Å². The van der Waals surface area contributed by atoms with Crippen LogP contribution in [0.2, 0.25) is 0 Å². The molecule has 0 bridgehead atoms. The first kappa shape index (κ1) is 22.2. The van der Waals surface area contributed by atoms with Gasteiger partial charge in [-0.05, 0) is 32.4 Å². The number of anilines is 2. The van der Waals surface area contributed by atoms with Gasteiger partial charge in [-0.1, -0.05) is 23.4 Å². The van der Waals surface area contributed by atoms with Crippen LogP contribution in [-0.2, 0) is 12.7 Å². The lowest BCUT2D eigenvalue weighted by Gasteiger charge is -2.23. The Bertz CT molecular complexity index is 1130. The third kappa shape index (κ3) is 4.58. The summed E-state index contributed by atoms with van der Waals surface area (Å²) in [6.45, 7) is 4.92. The lowest BCUT2D eigenvalue weighted by molar-refractivity contribution is -0.138. The summed E-state index contributed by atoms with van der Waals surface area (Å²) in [5, 5.41) is 11.1. The van der Waals surface area contributed by atoms with Crippen molar-refractivity contribution in [2.24, 2.45) is 0 Å². The number of nitrogens with zero attached hydrogens (tertiary/aromatic N) is 6. The van der Waals surface area contributed by atoms with E-state index in [-0.39, 0.29) is 48.0 Å². The van der Waals surface area contributed by atoms with E-state index < -0.39 is 29.7 Å². The van der Waals surface area contributed by atoms with Gasteiger partial charge in [-0.3, -0.25) is 0 Å². The van der Waals surface area contributed by atoms with Gasteiger partial charge >= 0.3 is 6.18 Å². The normalized spacial score (nSPS) is 16.7. The Kier molecular flexibility index (Phi) is 5.21. The lowest BCUT2D eigenvalue weighted by atomic mass is 10.1. The molecule has 1 aliphatic rings. The SMILES string of the molecule is CC(C)(C)Nc1nc(N2CCC(F)(F)C2)c2nnn(Cc3ccccc3C(F)(F)F)c2n1. The van der Waals surface area contributed by atoms with Crippen molar-refractivity contribution >= 4 is 22.9 Å². The monoisotopic (exact) mass is 455 g/mol. The Balaban J connectivity index is 1.81. The molecule has 3 aromatic rings. The number of nitrogens with one attached hydrogen (secondary N) is 1. The summed E-state index contributed by atoms with van der Waals surface area (Å²) in [6, 6.07) is 5.16. The number of alkyl halides is 5. The van der Waals surface area contributed by atoms with E-state index in [4.69, 9.17) is 0 Å². The highest BCUT2D eigenvalue weighted by molar-refractivity contribution is 5.84. The number of fused-ring (bicyclic) bond motifs is 1. The standard InChI is InChI=1S/C20H22F5N7/c1-18(2,3)28-17-26-15(31-9-8-19(21,22)11-31)14-16(27-17)32(30-29-14)10-12-6-4-5-7-13(12)20(23,24)25/h4-7H,8-11H2,1-3H3,(H,26,27,28). The van der Waals surface area contributed by atoms with Crippen LogP contribution in [0.5, 0.6) is 0 Å². The van der Waals surface area contributed by atoms with Gasteiger partial charge in [-0.2, -0.15) is 23.1 Å². The van der Waals surface area contributed by atoms with E-state index in [2.05, 4.69) is 25.6 Å². The summed E-state index contributed by atoms with van der Waals surface area (Å²) in [7, 11) is 0. The summed E-state index contributed by atoms with van der Waals surface area (Å²) in [4.78, 5) is 10.2. The molecule has 12 heteroatoms. The maximum absolute atomic E-state index is 13.9. The fourth-order valence-electron chi connectivity index (χ4n) is 3.57. The first-order valence-electron chi connectivity index (χ1n) is 10.00. The molecular formula is C20H22F5N7. The van der Waals surface area contributed by atoms with Gasteiger partial charge in [-0.25, -0.2) is 13.5 Å². The molecule has 2 aromatic heterocycles. The molecule has 1 aromatic carbocycles. The Morgan fingerprint density at radius 2 is 1.81 bits per heavy atom. The quantitative estimate of drug-likeness (QED) is 0.590. The fraction of sp³-hybridized carbons (Fsp3) is 0.500. The van der Waals surface area contributed by atoms with Crippen molar-refractivity contribution in [1.29, 1.82) is 0 Å². The van der Waals surface area contributed by atoms with Gasteiger partial charge in [-0.15, -0.1) is 5.10 Å². The Morgan fingerprint density at radius 3 is 2.44 bits per heavy atom. The zero-order valence-corrected chi connectivity index (χ0v) is 17.7. The predicted octanol–water partition coefficient (Wildman–Crippen LogP) is 4.34. The summed E-state index contributed by atoms with van der Waals surface area (Å²) < 4.78 is 69.2. The van der Waals surface area contributed by atoms with Crippen molar-refractivity contribution in [3.05, 3.63) is 35.4 Å². The number of hydrogen-bond donors (Lipinski definition) is 1. The molecule has 4 rings (SSSR count). The number of halogens is 5. The van der Waals surface area contributed by atoms with Crippen molar-refractivity contribution in [3.63, 3.8) is 0 Å². The average Bonchev–Trinajstić information content (AvgIpc) is 3.22. The van der Waals surface area contributed by atoms with E-state index >= 15 is 0 Å². The maximum Gasteiger partial charge on any atom is 0.416 e. The molecule has 172 valence electrons. The molecule has 0 spiro atoms. The molecule has 1 aliphatic heterocycles. The molecule has 0 amide bonds. The van der Waals surface area contributed by atoms with Crippen molar-refractivity contribution < 1.29 is 22.0 Å². The van der Waals surface area contributed by atoms with Crippen LogP contribution in [0.3, 0.4) is 0 Å². The third-order valence-corrected chi connectivity index (χ3v) is 4.94. The van der Waals surface area contributed by atoms with Gasteiger partial charge in [0.1, 0.15) is 0 Å². The second kappa shape index (κ2) is 7.52. The average molecular weight is 455 g/mol. The first-order chi connectivity index (χ1) is 14.8. The van der Waals surface area contributed by atoms with Gasteiger partial charge in [0.05, 0.1) is 18.7 Å². The zero-order chi connectivity index (χ0) is 23.3. The predicted molar refractivity (Wildman–Crippen MR) is 109 cm³/mol. The van der Waals surface area contributed by atoms with Crippen molar-refractivity contribution in [2.75, 3.05) is 23.3 Å². The van der Waals surface area contributed by atoms with Crippen LogP contribution in [0.4, 0.5) is 33.7 Å². The van der Waals surface area contributed by atoms with Crippen LogP contribution < -0.4 is 10.2 Å². The number of rotatable bonds is 4. The summed E-state index contributed by atoms with van der Waals surface area (Å²) >= 11 is 0. The topological polar surface area (TPSA) is 71.8 Å². The van der Waals surface area contributed by atoms with Gasteiger partial charge in [0.15, 0.2) is 17.0 Å². The minimum absolute atomic E-state index is 0.00926. The Hall–Kier alpha value is -3.05. The van der Waals surface area contributed by atoms with Gasteiger partial charge in [0.25, 0.3) is 5.92 Å². The molecule has 32 heavy (non-hydrogen) atoms. The van der Waals surface area contributed by atoms with E-state index in [0.717, 1.165) is 6.07 Å². The summed E-state index contributed by atoms with van der Waals surface area (Å²) in [5.41, 5.74) is -0.920. The third-order valence-electron chi connectivity index (χ3n) is 4.94. The largest absolute Gasteiger partial charge is 0.416 e. The highest BCUT2D eigenvalue weighted by Gasteiger charge is 2.40. The Morgan fingerprint density at radius 1 is 1.09 bits per heavy atom. The van der Waals surface area contributed by atoms with Crippen LogP contribution >= 0.6 is 0 Å². The summed E-state index contributed by atoms with van der Waals surface area (Å²) in [5.74, 6) is -2.53. The second-order valence-corrected chi connectivity index (χ2v) is 8.85. The number of benzene rings is 1. The van der Waals surface area contributed by atoms with Gasteiger partial charge < -0.3 is 10.2 Å². The van der Waals surface area contributed by atoms with Gasteiger partial charge in [0, 0.05) is 18.5 Å². The molecule has 1 N–H and O–H groups in total. The van der Waals surface area contributed by atoms with Crippen LogP contribution in [0, 0.1) is 0 Å². The Labute approximate surface area is 180 Å². The first-order valence-corrected chi connectivity index (χ1v) is 10.00. The maximum atomic E-state index is 13.9. The zero-order valence-electron chi connectivity index (χ0n) is 17.7. The number of hydrogen-bond acceptors (Lipinski definition) is 6. The minimum Gasteiger partial charge on any atom is -0.350 e.